The Hall–Kier alpha value is -3.55. The average molecular weight is 746 g/mol. The third kappa shape index (κ3) is 12.2. The maximum Gasteiger partial charge on any atom is 0.328 e. The Morgan fingerprint density at radius 3 is 2.02 bits per heavy atom. The lowest BCUT2D eigenvalue weighted by Gasteiger charge is -2.41. The molecule has 0 aliphatic carbocycles. The SMILES string of the molecule is CCC(C)C([C@@H](CC(=O)N1CCC[C@H]1[C@H](OC)[C@@H](C)C(=O)N[C@@H](Cc1ccccc1)C(=O)OC)OC)N(C)C(=O)[C@@H](NC(=O)C(NC)C(C)C)C(C)C. The van der Waals surface area contributed by atoms with Crippen LogP contribution < -0.4 is 16.0 Å². The molecule has 9 atom stereocenters. The summed E-state index contributed by atoms with van der Waals surface area (Å²) in [5.41, 5.74) is 0.875. The van der Waals surface area contributed by atoms with Crippen LogP contribution in [0.2, 0.25) is 0 Å². The second-order valence-electron chi connectivity index (χ2n) is 15.1. The largest absolute Gasteiger partial charge is 0.467 e. The van der Waals surface area contributed by atoms with Gasteiger partial charge in [-0.1, -0.05) is 85.2 Å². The predicted octanol–water partition coefficient (Wildman–Crippen LogP) is 3.19. The number of benzene rings is 1. The van der Waals surface area contributed by atoms with Gasteiger partial charge in [-0.2, -0.15) is 0 Å². The molecule has 1 aromatic rings. The number of likely N-dealkylation sites (N-methyl/N-ethyl adjacent to an activating group) is 2. The van der Waals surface area contributed by atoms with E-state index in [1.807, 2.05) is 71.9 Å². The van der Waals surface area contributed by atoms with Gasteiger partial charge in [0.2, 0.25) is 23.6 Å². The van der Waals surface area contributed by atoms with Crippen molar-refractivity contribution >= 4 is 29.6 Å². The Labute approximate surface area is 317 Å². The number of carbonyl (C=O) groups is 5. The van der Waals surface area contributed by atoms with Gasteiger partial charge in [-0.15, -0.1) is 0 Å². The highest BCUT2D eigenvalue weighted by Gasteiger charge is 2.43. The molecule has 1 fully saturated rings. The zero-order valence-corrected chi connectivity index (χ0v) is 34.1. The zero-order valence-electron chi connectivity index (χ0n) is 34.1. The van der Waals surface area contributed by atoms with Crippen LogP contribution in [-0.4, -0.2) is 124 Å². The second kappa shape index (κ2) is 22.0. The van der Waals surface area contributed by atoms with Crippen molar-refractivity contribution in [2.45, 2.75) is 123 Å². The van der Waals surface area contributed by atoms with Crippen LogP contribution in [0.5, 0.6) is 0 Å². The molecular formula is C40H67N5O8. The van der Waals surface area contributed by atoms with E-state index < -0.39 is 48.3 Å². The molecule has 3 N–H and O–H groups in total. The van der Waals surface area contributed by atoms with Gasteiger partial charge >= 0.3 is 5.97 Å². The number of nitrogens with zero attached hydrogens (tertiary/aromatic N) is 2. The number of methoxy groups -OCH3 is 3. The van der Waals surface area contributed by atoms with Crippen LogP contribution in [0.25, 0.3) is 0 Å². The van der Waals surface area contributed by atoms with Gasteiger partial charge in [0.1, 0.15) is 12.1 Å². The summed E-state index contributed by atoms with van der Waals surface area (Å²) < 4.78 is 16.9. The minimum atomic E-state index is -0.889. The zero-order chi connectivity index (χ0) is 40.0. The molecule has 0 aromatic heterocycles. The van der Waals surface area contributed by atoms with Gasteiger partial charge in [-0.05, 0) is 43.2 Å². The standard InChI is InChI=1S/C40H67N5O8/c1-13-26(6)35(44(9)39(49)34(25(4)5)43-38(48)33(41-8)24(2)3)31(51-10)23-32(46)45-21-17-20-30(45)36(52-11)27(7)37(47)42-29(40(50)53-12)22-28-18-15-14-16-19-28/h14-16,18-19,24-27,29-31,33-36,41H,13,17,20-23H2,1-12H3,(H,42,47)(H,43,48)/t26?,27-,29+,30+,31-,33?,34+,35?,36-/m1/s1. The molecule has 53 heavy (non-hydrogen) atoms. The van der Waals surface area contributed by atoms with E-state index in [9.17, 15) is 24.0 Å². The number of hydrogen-bond acceptors (Lipinski definition) is 9. The number of rotatable bonds is 21. The highest BCUT2D eigenvalue weighted by Crippen LogP contribution is 2.30. The molecule has 0 spiro atoms. The van der Waals surface area contributed by atoms with E-state index in [1.54, 1.807) is 37.9 Å². The number of hydrogen-bond donors (Lipinski definition) is 3. The summed E-state index contributed by atoms with van der Waals surface area (Å²) in [6.07, 6.45) is 1.08. The molecule has 2 rings (SSSR count). The molecule has 3 unspecified atom stereocenters. The molecule has 0 saturated carbocycles. The molecule has 1 aliphatic heterocycles. The van der Waals surface area contributed by atoms with Crippen molar-refractivity contribution in [1.29, 1.82) is 0 Å². The number of ether oxygens (including phenoxy) is 3. The Morgan fingerprint density at radius 2 is 1.51 bits per heavy atom. The first-order chi connectivity index (χ1) is 25.1. The molecule has 13 nitrogen and oxygen atoms in total. The van der Waals surface area contributed by atoms with E-state index >= 15 is 0 Å². The van der Waals surface area contributed by atoms with E-state index in [1.165, 1.54) is 14.2 Å². The fourth-order valence-corrected chi connectivity index (χ4v) is 7.54. The second-order valence-corrected chi connectivity index (χ2v) is 15.1. The van der Waals surface area contributed by atoms with Crippen LogP contribution in [0.3, 0.4) is 0 Å². The summed E-state index contributed by atoms with van der Waals surface area (Å²) in [7, 11) is 7.81. The topological polar surface area (TPSA) is 156 Å². The number of likely N-dealkylation sites (tertiary alicyclic amines) is 1. The number of carbonyl (C=O) groups excluding carboxylic acids is 5. The maximum absolute atomic E-state index is 14.2. The smallest absolute Gasteiger partial charge is 0.328 e. The van der Waals surface area contributed by atoms with Gasteiger partial charge in [-0.25, -0.2) is 4.79 Å². The van der Waals surface area contributed by atoms with Gasteiger partial charge in [0.25, 0.3) is 0 Å². The minimum absolute atomic E-state index is 0.00596. The van der Waals surface area contributed by atoms with Gasteiger partial charge in [0, 0.05) is 34.2 Å². The highest BCUT2D eigenvalue weighted by atomic mass is 16.5. The molecule has 1 aliphatic rings. The summed E-state index contributed by atoms with van der Waals surface area (Å²) in [6.45, 7) is 14.0. The summed E-state index contributed by atoms with van der Waals surface area (Å²) in [6, 6.07) is 6.41. The molecular weight excluding hydrogens is 678 g/mol. The fraction of sp³-hybridized carbons (Fsp3) is 0.725. The monoisotopic (exact) mass is 745 g/mol. The minimum Gasteiger partial charge on any atom is -0.467 e. The van der Waals surface area contributed by atoms with Crippen molar-refractivity contribution in [3.05, 3.63) is 35.9 Å². The van der Waals surface area contributed by atoms with Crippen LogP contribution in [-0.2, 0) is 44.6 Å². The summed E-state index contributed by atoms with van der Waals surface area (Å²) in [5, 5.41) is 8.88. The number of esters is 1. The van der Waals surface area contributed by atoms with Gasteiger partial charge < -0.3 is 40.0 Å². The lowest BCUT2D eigenvalue weighted by molar-refractivity contribution is -0.148. The lowest BCUT2D eigenvalue weighted by Crippen LogP contribution is -2.59. The third-order valence-electron chi connectivity index (χ3n) is 10.8. The van der Waals surface area contributed by atoms with Gasteiger partial charge in [0.15, 0.2) is 0 Å². The summed E-state index contributed by atoms with van der Waals surface area (Å²) in [5.74, 6) is -2.47. The first-order valence-corrected chi connectivity index (χ1v) is 19.1. The lowest BCUT2D eigenvalue weighted by atomic mass is 9.89. The first-order valence-electron chi connectivity index (χ1n) is 19.1. The maximum atomic E-state index is 14.2. The van der Waals surface area contributed by atoms with Gasteiger partial charge in [-0.3, -0.25) is 19.2 Å². The first kappa shape index (κ1) is 45.6. The molecule has 4 amide bonds. The van der Waals surface area contributed by atoms with E-state index in [0.717, 1.165) is 18.4 Å². The van der Waals surface area contributed by atoms with Crippen molar-refractivity contribution in [1.82, 2.24) is 25.8 Å². The molecule has 1 aromatic carbocycles. The Bertz CT molecular complexity index is 1330. The third-order valence-corrected chi connectivity index (χ3v) is 10.8. The molecule has 300 valence electrons. The molecule has 1 saturated heterocycles. The van der Waals surface area contributed by atoms with Crippen molar-refractivity contribution in [3.63, 3.8) is 0 Å². The van der Waals surface area contributed by atoms with Crippen molar-refractivity contribution in [2.75, 3.05) is 42.0 Å². The van der Waals surface area contributed by atoms with Crippen molar-refractivity contribution < 1.29 is 38.2 Å². The van der Waals surface area contributed by atoms with Crippen molar-refractivity contribution in [3.8, 4) is 0 Å². The fourth-order valence-electron chi connectivity index (χ4n) is 7.54. The molecule has 1 heterocycles. The summed E-state index contributed by atoms with van der Waals surface area (Å²) in [4.78, 5) is 71.2. The molecule has 0 bridgehead atoms. The average Bonchev–Trinajstić information content (AvgIpc) is 3.62. The van der Waals surface area contributed by atoms with Crippen LogP contribution in [0, 0.1) is 23.7 Å². The molecule has 13 heteroatoms. The Morgan fingerprint density at radius 1 is 0.887 bits per heavy atom. The van der Waals surface area contributed by atoms with E-state index in [-0.39, 0.29) is 60.3 Å². The van der Waals surface area contributed by atoms with E-state index in [4.69, 9.17) is 14.2 Å². The number of amides is 4. The quantitative estimate of drug-likeness (QED) is 0.161. The van der Waals surface area contributed by atoms with E-state index in [0.29, 0.717) is 13.0 Å². The summed E-state index contributed by atoms with van der Waals surface area (Å²) >= 11 is 0. The van der Waals surface area contributed by atoms with Crippen LogP contribution in [0.4, 0.5) is 0 Å². The Kier molecular flexibility index (Phi) is 18.9. The van der Waals surface area contributed by atoms with Crippen molar-refractivity contribution in [2.24, 2.45) is 23.7 Å². The predicted molar refractivity (Wildman–Crippen MR) is 205 cm³/mol. The number of nitrogens with one attached hydrogen (secondary N) is 3. The highest BCUT2D eigenvalue weighted by molar-refractivity contribution is 5.90. The van der Waals surface area contributed by atoms with Crippen LogP contribution in [0.1, 0.15) is 79.7 Å². The Balaban J connectivity index is 2.27. The van der Waals surface area contributed by atoms with Crippen LogP contribution in [0.15, 0.2) is 30.3 Å². The van der Waals surface area contributed by atoms with E-state index in [2.05, 4.69) is 16.0 Å². The normalized spacial score (nSPS) is 19.1. The molecule has 0 radical (unpaired) electrons. The van der Waals surface area contributed by atoms with Gasteiger partial charge in [0.05, 0.1) is 49.8 Å². The van der Waals surface area contributed by atoms with Crippen LogP contribution >= 0.6 is 0 Å².